The number of likely N-dealkylation sites (tertiary alicyclic amines) is 1. The molecule has 0 radical (unpaired) electrons. The van der Waals surface area contributed by atoms with Crippen LogP contribution in [0.1, 0.15) is 38.8 Å². The third-order valence-electron chi connectivity index (χ3n) is 4.97. The second kappa shape index (κ2) is 9.00. The molecule has 0 aliphatic carbocycles. The van der Waals surface area contributed by atoms with Gasteiger partial charge in [0.1, 0.15) is 5.76 Å². The molecule has 0 atom stereocenters. The van der Waals surface area contributed by atoms with Crippen molar-refractivity contribution in [1.82, 2.24) is 10.2 Å². The van der Waals surface area contributed by atoms with Crippen LogP contribution in [0.25, 0.3) is 0 Å². The van der Waals surface area contributed by atoms with Gasteiger partial charge in [0.2, 0.25) is 5.91 Å². The molecule has 2 N–H and O–H groups in total. The van der Waals surface area contributed by atoms with E-state index < -0.39 is 0 Å². The largest absolute Gasteiger partial charge is 0.467 e. The third kappa shape index (κ3) is 4.62. The van der Waals surface area contributed by atoms with E-state index in [2.05, 4.69) is 10.6 Å². The standard InChI is InChI=1S/C21H21N3O5S/c25-19(22-13-15-3-1-11-28-15)14-7-9-24(10-8-14)21(27)17-5-6-18(30-17)23-20(26)16-4-2-12-29-16/h1-6,11-12,14H,7-10,13H2,(H,22,25)(H,23,26). The van der Waals surface area contributed by atoms with Crippen LogP contribution in [0.4, 0.5) is 5.00 Å². The van der Waals surface area contributed by atoms with Crippen LogP contribution in [0.5, 0.6) is 0 Å². The van der Waals surface area contributed by atoms with Crippen molar-refractivity contribution in [3.63, 3.8) is 0 Å². The van der Waals surface area contributed by atoms with E-state index in [4.69, 9.17) is 8.83 Å². The van der Waals surface area contributed by atoms with Crippen LogP contribution in [0.2, 0.25) is 0 Å². The number of thiophene rings is 1. The third-order valence-corrected chi connectivity index (χ3v) is 5.96. The lowest BCUT2D eigenvalue weighted by molar-refractivity contribution is -0.126. The van der Waals surface area contributed by atoms with E-state index in [0.717, 1.165) is 0 Å². The van der Waals surface area contributed by atoms with Crippen LogP contribution in [-0.4, -0.2) is 35.7 Å². The van der Waals surface area contributed by atoms with Crippen molar-refractivity contribution >= 4 is 34.1 Å². The number of carbonyl (C=O) groups is 3. The molecule has 0 saturated carbocycles. The van der Waals surface area contributed by atoms with Gasteiger partial charge in [-0.3, -0.25) is 14.4 Å². The number of nitrogens with one attached hydrogen (secondary N) is 2. The summed E-state index contributed by atoms with van der Waals surface area (Å²) in [5.74, 6) is 0.343. The van der Waals surface area contributed by atoms with E-state index in [9.17, 15) is 14.4 Å². The second-order valence-corrected chi connectivity index (χ2v) is 8.04. The highest BCUT2D eigenvalue weighted by Crippen LogP contribution is 2.26. The second-order valence-electron chi connectivity index (χ2n) is 6.96. The van der Waals surface area contributed by atoms with E-state index in [0.29, 0.717) is 48.1 Å². The SMILES string of the molecule is O=C(Nc1ccc(C(=O)N2CCC(C(=O)NCc3ccco3)CC2)s1)c1ccco1. The number of nitrogens with zero attached hydrogens (tertiary/aromatic N) is 1. The zero-order valence-electron chi connectivity index (χ0n) is 16.1. The minimum absolute atomic E-state index is 0.0162. The van der Waals surface area contributed by atoms with E-state index in [-0.39, 0.29) is 29.4 Å². The van der Waals surface area contributed by atoms with E-state index in [1.165, 1.54) is 17.6 Å². The van der Waals surface area contributed by atoms with Gasteiger partial charge in [0.15, 0.2) is 5.76 Å². The molecular weight excluding hydrogens is 406 g/mol. The number of piperidine rings is 1. The highest BCUT2D eigenvalue weighted by atomic mass is 32.1. The van der Waals surface area contributed by atoms with Crippen LogP contribution in [0.15, 0.2) is 57.8 Å². The van der Waals surface area contributed by atoms with E-state index in [1.807, 2.05) is 6.07 Å². The van der Waals surface area contributed by atoms with E-state index >= 15 is 0 Å². The minimum Gasteiger partial charge on any atom is -0.467 e. The Hall–Kier alpha value is -3.33. The number of furan rings is 2. The van der Waals surface area contributed by atoms with Gasteiger partial charge >= 0.3 is 0 Å². The molecule has 156 valence electrons. The first-order chi connectivity index (χ1) is 14.6. The van der Waals surface area contributed by atoms with Crippen molar-refractivity contribution in [2.24, 2.45) is 5.92 Å². The Kier molecular flexibility index (Phi) is 5.99. The highest BCUT2D eigenvalue weighted by Gasteiger charge is 2.28. The molecule has 0 aromatic carbocycles. The maximum Gasteiger partial charge on any atom is 0.291 e. The van der Waals surface area contributed by atoms with Gasteiger partial charge in [0.05, 0.1) is 28.9 Å². The molecule has 4 rings (SSSR count). The molecule has 1 aliphatic rings. The summed E-state index contributed by atoms with van der Waals surface area (Å²) in [7, 11) is 0. The van der Waals surface area contributed by atoms with Gasteiger partial charge in [-0.25, -0.2) is 0 Å². The number of anilines is 1. The Labute approximate surface area is 176 Å². The van der Waals surface area contributed by atoms with Gasteiger partial charge < -0.3 is 24.4 Å². The lowest BCUT2D eigenvalue weighted by Gasteiger charge is -2.31. The molecule has 3 aromatic rings. The van der Waals surface area contributed by atoms with Crippen LogP contribution in [0.3, 0.4) is 0 Å². The molecule has 1 saturated heterocycles. The number of hydrogen-bond acceptors (Lipinski definition) is 6. The summed E-state index contributed by atoms with van der Waals surface area (Å²) in [6.45, 7) is 1.40. The maximum atomic E-state index is 12.8. The van der Waals surface area contributed by atoms with Crippen LogP contribution in [0, 0.1) is 5.92 Å². The van der Waals surface area contributed by atoms with Gasteiger partial charge in [0.25, 0.3) is 11.8 Å². The fourth-order valence-corrected chi connectivity index (χ4v) is 4.20. The number of hydrogen-bond donors (Lipinski definition) is 2. The van der Waals surface area contributed by atoms with Gasteiger partial charge in [-0.15, -0.1) is 11.3 Å². The lowest BCUT2D eigenvalue weighted by atomic mass is 9.96. The van der Waals surface area contributed by atoms with Gasteiger partial charge in [-0.05, 0) is 49.2 Å². The normalized spacial score (nSPS) is 14.5. The first-order valence-electron chi connectivity index (χ1n) is 9.64. The van der Waals surface area contributed by atoms with Crippen molar-refractivity contribution in [2.45, 2.75) is 19.4 Å². The van der Waals surface area contributed by atoms with Gasteiger partial charge in [-0.2, -0.15) is 0 Å². The number of carbonyl (C=O) groups excluding carboxylic acids is 3. The Balaban J connectivity index is 1.26. The first-order valence-corrected chi connectivity index (χ1v) is 10.5. The summed E-state index contributed by atoms with van der Waals surface area (Å²) in [4.78, 5) is 39.5. The van der Waals surface area contributed by atoms with Crippen molar-refractivity contribution in [1.29, 1.82) is 0 Å². The monoisotopic (exact) mass is 427 g/mol. The first kappa shape index (κ1) is 20.0. The average molecular weight is 427 g/mol. The van der Waals surface area contributed by atoms with E-state index in [1.54, 1.807) is 41.5 Å². The Morgan fingerprint density at radius 2 is 1.80 bits per heavy atom. The lowest BCUT2D eigenvalue weighted by Crippen LogP contribution is -2.42. The fraction of sp³-hybridized carbons (Fsp3) is 0.286. The molecule has 4 heterocycles. The van der Waals surface area contributed by atoms with Crippen LogP contribution >= 0.6 is 11.3 Å². The molecule has 30 heavy (non-hydrogen) atoms. The summed E-state index contributed by atoms with van der Waals surface area (Å²) in [6.07, 6.45) is 4.23. The van der Waals surface area contributed by atoms with Crippen LogP contribution in [-0.2, 0) is 11.3 Å². The molecule has 8 nitrogen and oxygen atoms in total. The molecular formula is C21H21N3O5S. The molecule has 3 aromatic heterocycles. The summed E-state index contributed by atoms with van der Waals surface area (Å²) in [5, 5.41) is 6.18. The molecule has 9 heteroatoms. The number of amides is 3. The maximum absolute atomic E-state index is 12.8. The highest BCUT2D eigenvalue weighted by molar-refractivity contribution is 7.18. The zero-order chi connectivity index (χ0) is 20.9. The molecule has 1 aliphatic heterocycles. The summed E-state index contributed by atoms with van der Waals surface area (Å²) < 4.78 is 10.3. The predicted molar refractivity (Wildman–Crippen MR) is 110 cm³/mol. The molecule has 0 spiro atoms. The predicted octanol–water partition coefficient (Wildman–Crippen LogP) is 3.36. The minimum atomic E-state index is -0.359. The van der Waals surface area contributed by atoms with Crippen molar-refractivity contribution < 1.29 is 23.2 Å². The summed E-state index contributed by atoms with van der Waals surface area (Å²) in [6, 6.07) is 10.2. The average Bonchev–Trinajstić information content (AvgIpc) is 3.54. The zero-order valence-corrected chi connectivity index (χ0v) is 16.9. The topological polar surface area (TPSA) is 105 Å². The molecule has 3 amide bonds. The van der Waals surface area contributed by atoms with Crippen molar-refractivity contribution in [3.8, 4) is 0 Å². The molecule has 1 fully saturated rings. The fourth-order valence-electron chi connectivity index (χ4n) is 3.33. The Morgan fingerprint density at radius 3 is 2.50 bits per heavy atom. The number of rotatable bonds is 6. The summed E-state index contributed by atoms with van der Waals surface area (Å²) in [5.41, 5.74) is 0. The smallest absolute Gasteiger partial charge is 0.291 e. The molecule has 0 unspecified atom stereocenters. The van der Waals surface area contributed by atoms with Crippen molar-refractivity contribution in [2.75, 3.05) is 18.4 Å². The Bertz CT molecular complexity index is 1000. The quantitative estimate of drug-likeness (QED) is 0.628. The summed E-state index contributed by atoms with van der Waals surface area (Å²) >= 11 is 1.22. The van der Waals surface area contributed by atoms with Crippen molar-refractivity contribution in [3.05, 3.63) is 65.3 Å². The van der Waals surface area contributed by atoms with Gasteiger partial charge in [0, 0.05) is 19.0 Å². The van der Waals surface area contributed by atoms with Crippen LogP contribution < -0.4 is 10.6 Å². The Morgan fingerprint density at radius 1 is 1.03 bits per heavy atom. The van der Waals surface area contributed by atoms with Gasteiger partial charge in [-0.1, -0.05) is 0 Å². The molecule has 0 bridgehead atoms.